The lowest BCUT2D eigenvalue weighted by Gasteiger charge is -2.04. The third kappa shape index (κ3) is 3.05. The van der Waals surface area contributed by atoms with Crippen LogP contribution in [0.4, 0.5) is 0 Å². The van der Waals surface area contributed by atoms with E-state index in [0.717, 1.165) is 5.82 Å². The van der Waals surface area contributed by atoms with Crippen LogP contribution >= 0.6 is 0 Å². The number of imidazole rings is 1. The summed E-state index contributed by atoms with van der Waals surface area (Å²) in [5.41, 5.74) is 0. The monoisotopic (exact) mass is 194 g/mol. The molecule has 1 aromatic heterocycles. The van der Waals surface area contributed by atoms with Crippen LogP contribution in [0.1, 0.15) is 12.2 Å². The van der Waals surface area contributed by atoms with Crippen molar-refractivity contribution in [3.63, 3.8) is 0 Å². The number of aromatic nitrogens is 2. The van der Waals surface area contributed by atoms with Gasteiger partial charge >= 0.3 is 5.97 Å². The quantitative estimate of drug-likeness (QED) is 0.524. The molecular formula is C10H14N2O2. The lowest BCUT2D eigenvalue weighted by molar-refractivity contribution is -0.142. The second-order valence-corrected chi connectivity index (χ2v) is 2.89. The molecule has 0 saturated carbocycles. The molecule has 0 aliphatic carbocycles. The van der Waals surface area contributed by atoms with Crippen molar-refractivity contribution in [3.05, 3.63) is 30.9 Å². The van der Waals surface area contributed by atoms with Crippen LogP contribution in [0, 0.1) is 6.92 Å². The smallest absolute Gasteiger partial charge is 0.307 e. The Morgan fingerprint density at radius 3 is 3.14 bits per heavy atom. The highest BCUT2D eigenvalue weighted by Gasteiger charge is 2.03. The molecule has 1 aromatic rings. The molecule has 0 radical (unpaired) electrons. The van der Waals surface area contributed by atoms with Crippen LogP contribution in [-0.4, -0.2) is 22.1 Å². The fraction of sp³-hybridized carbons (Fsp3) is 0.400. The molecule has 4 heteroatoms. The van der Waals surface area contributed by atoms with Gasteiger partial charge in [0.1, 0.15) is 12.4 Å². The van der Waals surface area contributed by atoms with Crippen LogP contribution in [0.25, 0.3) is 0 Å². The van der Waals surface area contributed by atoms with Crippen LogP contribution in [0.15, 0.2) is 25.0 Å². The molecule has 0 saturated heterocycles. The first-order valence-electron chi connectivity index (χ1n) is 4.48. The van der Waals surface area contributed by atoms with E-state index in [4.69, 9.17) is 4.74 Å². The highest BCUT2D eigenvalue weighted by molar-refractivity contribution is 5.69. The average molecular weight is 194 g/mol. The van der Waals surface area contributed by atoms with Crippen LogP contribution in [-0.2, 0) is 16.1 Å². The number of rotatable bonds is 5. The Balaban J connectivity index is 2.30. The number of aryl methyl sites for hydroxylation is 2. The molecule has 0 atom stereocenters. The van der Waals surface area contributed by atoms with Crippen molar-refractivity contribution in [3.8, 4) is 0 Å². The number of carbonyl (C=O) groups is 1. The van der Waals surface area contributed by atoms with Gasteiger partial charge in [0.15, 0.2) is 0 Å². The van der Waals surface area contributed by atoms with E-state index in [1.807, 2.05) is 17.7 Å². The molecule has 14 heavy (non-hydrogen) atoms. The maximum atomic E-state index is 11.1. The number of nitrogens with zero attached hydrogens (tertiary/aromatic N) is 2. The van der Waals surface area contributed by atoms with Crippen molar-refractivity contribution < 1.29 is 9.53 Å². The molecule has 0 aliphatic rings. The normalized spacial score (nSPS) is 9.79. The zero-order chi connectivity index (χ0) is 10.4. The van der Waals surface area contributed by atoms with E-state index in [1.54, 1.807) is 12.3 Å². The highest BCUT2D eigenvalue weighted by atomic mass is 16.5. The van der Waals surface area contributed by atoms with E-state index in [1.165, 1.54) is 0 Å². The maximum absolute atomic E-state index is 11.1. The molecule has 0 amide bonds. The van der Waals surface area contributed by atoms with Crippen molar-refractivity contribution in [2.45, 2.75) is 19.9 Å². The van der Waals surface area contributed by atoms with Gasteiger partial charge in [0.25, 0.3) is 0 Å². The molecule has 0 spiro atoms. The van der Waals surface area contributed by atoms with Gasteiger partial charge in [0, 0.05) is 18.9 Å². The summed E-state index contributed by atoms with van der Waals surface area (Å²) in [4.78, 5) is 15.2. The van der Waals surface area contributed by atoms with Gasteiger partial charge in [0.05, 0.1) is 6.42 Å². The summed E-state index contributed by atoms with van der Waals surface area (Å²) in [6.45, 7) is 6.25. The first-order valence-corrected chi connectivity index (χ1v) is 4.48. The molecule has 0 aliphatic heterocycles. The summed E-state index contributed by atoms with van der Waals surface area (Å²) in [7, 11) is 0. The Morgan fingerprint density at radius 1 is 1.79 bits per heavy atom. The van der Waals surface area contributed by atoms with Gasteiger partial charge in [-0.1, -0.05) is 12.7 Å². The van der Waals surface area contributed by atoms with Crippen LogP contribution in [0.2, 0.25) is 0 Å². The van der Waals surface area contributed by atoms with E-state index in [-0.39, 0.29) is 12.6 Å². The van der Waals surface area contributed by atoms with Crippen molar-refractivity contribution >= 4 is 5.97 Å². The molecule has 0 N–H and O–H groups in total. The number of hydrogen-bond acceptors (Lipinski definition) is 3. The van der Waals surface area contributed by atoms with Crippen molar-refractivity contribution in [2.75, 3.05) is 6.61 Å². The summed E-state index contributed by atoms with van der Waals surface area (Å²) in [6, 6.07) is 0. The second kappa shape index (κ2) is 5.21. The molecular weight excluding hydrogens is 180 g/mol. The van der Waals surface area contributed by atoms with Gasteiger partial charge in [0.2, 0.25) is 0 Å². The SMILES string of the molecule is C=CCOC(=O)CCn1ccnc1C. The van der Waals surface area contributed by atoms with Crippen molar-refractivity contribution in [2.24, 2.45) is 0 Å². The largest absolute Gasteiger partial charge is 0.461 e. The molecule has 76 valence electrons. The predicted molar refractivity (Wildman–Crippen MR) is 52.7 cm³/mol. The van der Waals surface area contributed by atoms with Gasteiger partial charge in [-0.25, -0.2) is 4.98 Å². The average Bonchev–Trinajstić information content (AvgIpc) is 2.58. The van der Waals surface area contributed by atoms with E-state index < -0.39 is 0 Å². The number of esters is 1. The molecule has 0 unspecified atom stereocenters. The van der Waals surface area contributed by atoms with Gasteiger partial charge in [-0.15, -0.1) is 0 Å². The third-order valence-electron chi connectivity index (χ3n) is 1.84. The predicted octanol–water partition coefficient (Wildman–Crippen LogP) is 1.31. The van der Waals surface area contributed by atoms with Gasteiger partial charge in [-0.2, -0.15) is 0 Å². The first kappa shape index (κ1) is 10.5. The third-order valence-corrected chi connectivity index (χ3v) is 1.84. The van der Waals surface area contributed by atoms with Gasteiger partial charge in [-0.3, -0.25) is 4.79 Å². The fourth-order valence-electron chi connectivity index (χ4n) is 1.08. The van der Waals surface area contributed by atoms with E-state index in [9.17, 15) is 4.79 Å². The zero-order valence-electron chi connectivity index (χ0n) is 8.27. The van der Waals surface area contributed by atoms with E-state index in [2.05, 4.69) is 11.6 Å². The summed E-state index contributed by atoms with van der Waals surface area (Å²) >= 11 is 0. The Kier molecular flexibility index (Phi) is 3.91. The Labute approximate surface area is 83.2 Å². The number of hydrogen-bond donors (Lipinski definition) is 0. The molecule has 1 heterocycles. The first-order chi connectivity index (χ1) is 6.74. The topological polar surface area (TPSA) is 44.1 Å². The second-order valence-electron chi connectivity index (χ2n) is 2.89. The minimum Gasteiger partial charge on any atom is -0.461 e. The van der Waals surface area contributed by atoms with Crippen LogP contribution < -0.4 is 0 Å². The number of carbonyl (C=O) groups excluding carboxylic acids is 1. The summed E-state index contributed by atoms with van der Waals surface area (Å²) in [6.07, 6.45) is 5.48. The molecule has 0 aromatic carbocycles. The standard InChI is InChI=1S/C10H14N2O2/c1-3-8-14-10(13)4-6-12-7-5-11-9(12)2/h3,5,7H,1,4,6,8H2,2H3. The fourth-order valence-corrected chi connectivity index (χ4v) is 1.08. The lowest BCUT2D eigenvalue weighted by atomic mass is 10.4. The molecule has 0 bridgehead atoms. The van der Waals surface area contributed by atoms with Crippen LogP contribution in [0.3, 0.4) is 0 Å². The Hall–Kier alpha value is -1.58. The minimum absolute atomic E-state index is 0.210. The summed E-state index contributed by atoms with van der Waals surface area (Å²) < 4.78 is 6.75. The minimum atomic E-state index is -0.210. The Morgan fingerprint density at radius 2 is 2.57 bits per heavy atom. The Bertz CT molecular complexity index is 318. The molecule has 4 nitrogen and oxygen atoms in total. The number of ether oxygens (including phenoxy) is 1. The van der Waals surface area contributed by atoms with E-state index in [0.29, 0.717) is 13.0 Å². The van der Waals surface area contributed by atoms with Crippen LogP contribution in [0.5, 0.6) is 0 Å². The maximum Gasteiger partial charge on any atom is 0.307 e. The lowest BCUT2D eigenvalue weighted by Crippen LogP contribution is -2.09. The zero-order valence-corrected chi connectivity index (χ0v) is 8.27. The van der Waals surface area contributed by atoms with Gasteiger partial charge in [-0.05, 0) is 6.92 Å². The molecule has 1 rings (SSSR count). The van der Waals surface area contributed by atoms with Crippen molar-refractivity contribution in [1.29, 1.82) is 0 Å². The summed E-state index contributed by atoms with van der Waals surface area (Å²) in [5.74, 6) is 0.694. The van der Waals surface area contributed by atoms with Crippen molar-refractivity contribution in [1.82, 2.24) is 9.55 Å². The summed E-state index contributed by atoms with van der Waals surface area (Å²) in [5, 5.41) is 0. The van der Waals surface area contributed by atoms with E-state index >= 15 is 0 Å². The van der Waals surface area contributed by atoms with Gasteiger partial charge < -0.3 is 9.30 Å². The highest BCUT2D eigenvalue weighted by Crippen LogP contribution is 1.98. The molecule has 0 fully saturated rings.